The van der Waals surface area contributed by atoms with Crippen molar-refractivity contribution < 1.29 is 19.2 Å². The SMILES string of the molecule is O=C1N(OCC2CO2)C2(CCCCC2)C(=O)C12CCCCC2. The maximum absolute atomic E-state index is 13.4. The summed E-state index contributed by atoms with van der Waals surface area (Å²) in [6.45, 7) is 1.10. The van der Waals surface area contributed by atoms with E-state index in [-0.39, 0.29) is 17.8 Å². The first-order valence-corrected chi connectivity index (χ1v) is 8.83. The average Bonchev–Trinajstić information content (AvgIpc) is 3.37. The molecule has 0 bridgehead atoms. The Kier molecular flexibility index (Phi) is 3.53. The molecule has 0 N–H and O–H groups in total. The first-order chi connectivity index (χ1) is 10.7. The number of carbonyl (C=O) groups excluding carboxylic acids is 2. The molecule has 2 saturated carbocycles. The van der Waals surface area contributed by atoms with E-state index >= 15 is 0 Å². The molecule has 0 radical (unpaired) electrons. The summed E-state index contributed by atoms with van der Waals surface area (Å²) in [6.07, 6.45) is 9.33. The monoisotopic (exact) mass is 307 g/mol. The fourth-order valence-corrected chi connectivity index (χ4v) is 4.69. The largest absolute Gasteiger partial charge is 0.371 e. The zero-order valence-electron chi connectivity index (χ0n) is 13.1. The summed E-state index contributed by atoms with van der Waals surface area (Å²) >= 11 is 0. The van der Waals surface area contributed by atoms with E-state index in [1.807, 2.05) is 0 Å². The minimum Gasteiger partial charge on any atom is -0.371 e. The van der Waals surface area contributed by atoms with E-state index in [9.17, 15) is 9.59 Å². The van der Waals surface area contributed by atoms with Gasteiger partial charge < -0.3 is 4.74 Å². The van der Waals surface area contributed by atoms with Gasteiger partial charge in [0.05, 0.1) is 6.61 Å². The van der Waals surface area contributed by atoms with Crippen molar-refractivity contribution in [1.29, 1.82) is 0 Å². The van der Waals surface area contributed by atoms with E-state index in [4.69, 9.17) is 9.57 Å². The van der Waals surface area contributed by atoms with Crippen molar-refractivity contribution in [3.05, 3.63) is 0 Å². The van der Waals surface area contributed by atoms with Gasteiger partial charge in [0.25, 0.3) is 5.91 Å². The fraction of sp³-hybridized carbons (Fsp3) is 0.882. The van der Waals surface area contributed by atoms with Gasteiger partial charge >= 0.3 is 0 Å². The van der Waals surface area contributed by atoms with Gasteiger partial charge in [-0.3, -0.25) is 14.4 Å². The zero-order valence-corrected chi connectivity index (χ0v) is 13.1. The van der Waals surface area contributed by atoms with Crippen LogP contribution in [0.2, 0.25) is 0 Å². The third kappa shape index (κ3) is 2.05. The van der Waals surface area contributed by atoms with E-state index in [1.165, 1.54) is 5.06 Å². The Morgan fingerprint density at radius 2 is 1.59 bits per heavy atom. The summed E-state index contributed by atoms with van der Waals surface area (Å²) in [7, 11) is 0. The highest BCUT2D eigenvalue weighted by atomic mass is 16.7. The lowest BCUT2D eigenvalue weighted by molar-refractivity contribution is -0.217. The smallest absolute Gasteiger partial charge is 0.260 e. The fourth-order valence-electron chi connectivity index (χ4n) is 4.69. The van der Waals surface area contributed by atoms with Crippen LogP contribution < -0.4 is 0 Å². The van der Waals surface area contributed by atoms with Gasteiger partial charge in [-0.15, -0.1) is 0 Å². The third-order valence-corrected chi connectivity index (χ3v) is 6.02. The molecule has 1 atom stereocenters. The number of Topliss-reactive ketones (excluding diaryl/α,β-unsaturated/α-hetero) is 1. The van der Waals surface area contributed by atoms with Crippen molar-refractivity contribution in [3.8, 4) is 0 Å². The molecule has 2 saturated heterocycles. The van der Waals surface area contributed by atoms with Gasteiger partial charge in [0.1, 0.15) is 23.7 Å². The molecule has 1 unspecified atom stereocenters. The number of hydroxylamine groups is 2. The van der Waals surface area contributed by atoms with E-state index in [0.29, 0.717) is 26.1 Å². The van der Waals surface area contributed by atoms with Crippen LogP contribution in [-0.4, -0.2) is 41.6 Å². The minimum absolute atomic E-state index is 0.0558. The van der Waals surface area contributed by atoms with Crippen LogP contribution >= 0.6 is 0 Å². The summed E-state index contributed by atoms with van der Waals surface area (Å²) < 4.78 is 5.20. The summed E-state index contributed by atoms with van der Waals surface area (Å²) in [5.74, 6) is 0.112. The lowest BCUT2D eigenvalue weighted by Gasteiger charge is -2.38. The highest BCUT2D eigenvalue weighted by Gasteiger charge is 2.67. The highest BCUT2D eigenvalue weighted by Crippen LogP contribution is 2.53. The topological polar surface area (TPSA) is 59.1 Å². The number of hydrogen-bond donors (Lipinski definition) is 0. The lowest BCUT2D eigenvalue weighted by Crippen LogP contribution is -2.51. The molecule has 2 heterocycles. The lowest BCUT2D eigenvalue weighted by atomic mass is 9.66. The molecule has 2 aliphatic heterocycles. The predicted octanol–water partition coefficient (Wildman–Crippen LogP) is 2.38. The van der Waals surface area contributed by atoms with Crippen LogP contribution in [0.4, 0.5) is 0 Å². The van der Waals surface area contributed by atoms with Gasteiger partial charge in [-0.05, 0) is 25.7 Å². The Balaban J connectivity index is 1.65. The molecular weight excluding hydrogens is 282 g/mol. The van der Waals surface area contributed by atoms with E-state index in [0.717, 1.165) is 51.4 Å². The van der Waals surface area contributed by atoms with Crippen molar-refractivity contribution in [2.45, 2.75) is 75.9 Å². The first kappa shape index (κ1) is 14.6. The van der Waals surface area contributed by atoms with Crippen molar-refractivity contribution >= 4 is 11.7 Å². The maximum atomic E-state index is 13.4. The first-order valence-electron chi connectivity index (χ1n) is 8.83. The second-order valence-corrected chi connectivity index (χ2v) is 7.41. The van der Waals surface area contributed by atoms with E-state index in [1.54, 1.807) is 0 Å². The van der Waals surface area contributed by atoms with Crippen molar-refractivity contribution in [3.63, 3.8) is 0 Å². The number of rotatable bonds is 3. The highest BCUT2D eigenvalue weighted by molar-refractivity contribution is 6.16. The summed E-state index contributed by atoms with van der Waals surface area (Å²) in [5, 5.41) is 1.52. The van der Waals surface area contributed by atoms with Crippen LogP contribution in [0, 0.1) is 5.41 Å². The van der Waals surface area contributed by atoms with Gasteiger partial charge in [0.15, 0.2) is 5.78 Å². The molecule has 4 fully saturated rings. The Hall–Kier alpha value is -0.940. The molecule has 5 nitrogen and oxygen atoms in total. The number of ketones is 1. The number of carbonyl (C=O) groups is 2. The maximum Gasteiger partial charge on any atom is 0.260 e. The standard InChI is InChI=1S/C17H25NO4/c19-14-16(7-3-1-4-8-16)15(20)18(22-12-13-11-21-13)17(14)9-5-2-6-10-17/h13H,1-12H2. The minimum atomic E-state index is -0.778. The van der Waals surface area contributed by atoms with Crippen LogP contribution in [0.25, 0.3) is 0 Å². The van der Waals surface area contributed by atoms with E-state index in [2.05, 4.69) is 0 Å². The number of ether oxygens (including phenoxy) is 1. The summed E-state index contributed by atoms with van der Waals surface area (Å²) in [5.41, 5.74) is -1.46. The van der Waals surface area contributed by atoms with Crippen molar-refractivity contribution in [2.24, 2.45) is 5.41 Å². The van der Waals surface area contributed by atoms with Crippen LogP contribution in [0.3, 0.4) is 0 Å². The molecule has 5 heteroatoms. The molecule has 1 amide bonds. The zero-order chi connectivity index (χ0) is 15.2. The second kappa shape index (κ2) is 5.31. The number of nitrogens with zero attached hydrogens (tertiary/aromatic N) is 1. The van der Waals surface area contributed by atoms with Gasteiger partial charge in [-0.2, -0.15) is 0 Å². The Morgan fingerprint density at radius 3 is 2.18 bits per heavy atom. The number of hydrogen-bond acceptors (Lipinski definition) is 4. The molecule has 4 rings (SSSR count). The molecule has 0 aromatic rings. The van der Waals surface area contributed by atoms with Gasteiger partial charge in [-0.1, -0.05) is 38.5 Å². The van der Waals surface area contributed by atoms with Gasteiger partial charge in [-0.25, -0.2) is 5.06 Å². The van der Waals surface area contributed by atoms with Crippen molar-refractivity contribution in [2.75, 3.05) is 13.2 Å². The van der Waals surface area contributed by atoms with Crippen LogP contribution in [0.1, 0.15) is 64.2 Å². The predicted molar refractivity (Wildman–Crippen MR) is 78.9 cm³/mol. The summed E-state index contributed by atoms with van der Waals surface area (Å²) in [4.78, 5) is 32.4. The quantitative estimate of drug-likeness (QED) is 0.593. The normalized spacial score (nSPS) is 32.9. The molecule has 122 valence electrons. The molecular formula is C17H25NO4. The number of epoxide rings is 1. The molecule has 2 aliphatic carbocycles. The molecule has 0 aromatic heterocycles. The Bertz CT molecular complexity index is 473. The number of amides is 1. The van der Waals surface area contributed by atoms with E-state index < -0.39 is 11.0 Å². The molecule has 22 heavy (non-hydrogen) atoms. The Morgan fingerprint density at radius 1 is 1.00 bits per heavy atom. The second-order valence-electron chi connectivity index (χ2n) is 7.41. The van der Waals surface area contributed by atoms with Crippen molar-refractivity contribution in [1.82, 2.24) is 5.06 Å². The average molecular weight is 307 g/mol. The third-order valence-electron chi connectivity index (χ3n) is 6.02. The molecule has 0 aromatic carbocycles. The van der Waals surface area contributed by atoms with Crippen LogP contribution in [0.15, 0.2) is 0 Å². The van der Waals surface area contributed by atoms with Crippen LogP contribution in [-0.2, 0) is 19.2 Å². The van der Waals surface area contributed by atoms with Crippen LogP contribution in [0.5, 0.6) is 0 Å². The molecule has 2 spiro atoms. The Labute approximate surface area is 131 Å². The summed E-state index contributed by atoms with van der Waals surface area (Å²) in [6, 6.07) is 0. The van der Waals surface area contributed by atoms with Gasteiger partial charge in [0, 0.05) is 0 Å². The van der Waals surface area contributed by atoms with Gasteiger partial charge in [0.2, 0.25) is 0 Å². The molecule has 4 aliphatic rings.